The molecule has 1 aliphatic heterocycles. The maximum atomic E-state index is 12.0. The highest BCUT2D eigenvalue weighted by Gasteiger charge is 2.16. The Kier molecular flexibility index (Phi) is 2.31. The molecular formula is C12H9NO2S. The predicted octanol–water partition coefficient (Wildman–Crippen LogP) is 2.40. The lowest BCUT2D eigenvalue weighted by Gasteiger charge is -2.00. The smallest absolute Gasteiger partial charge is 0.212 e. The monoisotopic (exact) mass is 231 g/mol. The summed E-state index contributed by atoms with van der Waals surface area (Å²) in [6.07, 6.45) is 0. The Labute approximate surface area is 96.7 Å². The molecule has 1 aromatic carbocycles. The van der Waals surface area contributed by atoms with E-state index in [1.165, 1.54) is 16.9 Å². The van der Waals surface area contributed by atoms with Crippen LogP contribution in [0.3, 0.4) is 0 Å². The normalized spacial score (nSPS) is 13.8. The number of ketones is 1. The predicted molar refractivity (Wildman–Crippen MR) is 60.5 cm³/mol. The van der Waals surface area contributed by atoms with Gasteiger partial charge < -0.3 is 4.74 Å². The summed E-state index contributed by atoms with van der Waals surface area (Å²) >= 11 is 1.43. The lowest BCUT2D eigenvalue weighted by atomic mass is 10.0. The van der Waals surface area contributed by atoms with E-state index in [0.29, 0.717) is 24.5 Å². The van der Waals surface area contributed by atoms with Crippen LogP contribution in [-0.2, 0) is 18.0 Å². The average Bonchev–Trinajstić information content (AvgIpc) is 2.98. The second-order valence-corrected chi connectivity index (χ2v) is 4.40. The second-order valence-electron chi connectivity index (χ2n) is 3.68. The first-order valence-corrected chi connectivity index (χ1v) is 5.91. The lowest BCUT2D eigenvalue weighted by Crippen LogP contribution is -2.02. The molecule has 0 fully saturated rings. The third kappa shape index (κ3) is 1.56. The van der Waals surface area contributed by atoms with Crippen molar-refractivity contribution >= 4 is 17.1 Å². The van der Waals surface area contributed by atoms with Crippen molar-refractivity contribution in [3.05, 3.63) is 51.5 Å². The Hall–Kier alpha value is -1.52. The van der Waals surface area contributed by atoms with Gasteiger partial charge in [-0.3, -0.25) is 4.79 Å². The fourth-order valence-corrected chi connectivity index (χ4v) is 2.32. The van der Waals surface area contributed by atoms with E-state index >= 15 is 0 Å². The van der Waals surface area contributed by atoms with Gasteiger partial charge in [0, 0.05) is 10.9 Å². The van der Waals surface area contributed by atoms with Crippen LogP contribution >= 0.6 is 11.3 Å². The van der Waals surface area contributed by atoms with Crippen LogP contribution in [0, 0.1) is 0 Å². The number of aromatic nitrogens is 1. The molecule has 0 saturated heterocycles. The standard InChI is InChI=1S/C12H9NO2S/c14-12(11-6-16-7-13-11)8-1-2-9-4-15-5-10(9)3-8/h1-3,6-7H,4-5H2. The number of nitrogens with zero attached hydrogens (tertiary/aromatic N) is 1. The Balaban J connectivity index is 1.99. The maximum absolute atomic E-state index is 12.0. The SMILES string of the molecule is O=C(c1ccc2c(c1)COC2)c1cscn1. The molecule has 4 heteroatoms. The molecule has 0 aliphatic carbocycles. The van der Waals surface area contributed by atoms with Gasteiger partial charge in [0.1, 0.15) is 5.69 Å². The van der Waals surface area contributed by atoms with Gasteiger partial charge in [-0.2, -0.15) is 0 Å². The Morgan fingerprint density at radius 3 is 3.00 bits per heavy atom. The van der Waals surface area contributed by atoms with E-state index in [1.807, 2.05) is 18.2 Å². The fourth-order valence-electron chi connectivity index (χ4n) is 1.79. The molecule has 0 atom stereocenters. The number of carbonyl (C=O) groups is 1. The van der Waals surface area contributed by atoms with Crippen molar-refractivity contribution in [2.45, 2.75) is 13.2 Å². The Morgan fingerprint density at radius 2 is 2.19 bits per heavy atom. The fraction of sp³-hybridized carbons (Fsp3) is 0.167. The number of hydrogen-bond donors (Lipinski definition) is 0. The van der Waals surface area contributed by atoms with Crippen molar-refractivity contribution < 1.29 is 9.53 Å². The Bertz CT molecular complexity index is 534. The first-order chi connectivity index (χ1) is 7.84. The number of ether oxygens (including phenoxy) is 1. The van der Waals surface area contributed by atoms with E-state index in [0.717, 1.165) is 5.56 Å². The molecule has 0 N–H and O–H groups in total. The molecule has 1 aromatic heterocycles. The summed E-state index contributed by atoms with van der Waals surface area (Å²) in [5.41, 5.74) is 5.17. The molecule has 0 unspecified atom stereocenters. The topological polar surface area (TPSA) is 39.2 Å². The van der Waals surface area contributed by atoms with E-state index in [-0.39, 0.29) is 5.78 Å². The van der Waals surface area contributed by atoms with E-state index in [1.54, 1.807) is 10.9 Å². The zero-order valence-corrected chi connectivity index (χ0v) is 9.29. The third-order valence-electron chi connectivity index (χ3n) is 2.65. The van der Waals surface area contributed by atoms with Crippen LogP contribution in [0.2, 0.25) is 0 Å². The van der Waals surface area contributed by atoms with Crippen LogP contribution in [0.5, 0.6) is 0 Å². The molecule has 80 valence electrons. The number of benzene rings is 1. The molecule has 3 rings (SSSR count). The molecule has 0 spiro atoms. The lowest BCUT2D eigenvalue weighted by molar-refractivity contribution is 0.103. The van der Waals surface area contributed by atoms with E-state index in [2.05, 4.69) is 4.98 Å². The molecule has 0 radical (unpaired) electrons. The molecule has 1 aliphatic rings. The summed E-state index contributed by atoms with van der Waals surface area (Å²) in [5, 5.41) is 1.77. The summed E-state index contributed by atoms with van der Waals surface area (Å²) in [4.78, 5) is 16.0. The highest BCUT2D eigenvalue weighted by molar-refractivity contribution is 7.07. The summed E-state index contributed by atoms with van der Waals surface area (Å²) in [6.45, 7) is 1.26. The number of thiazole rings is 1. The van der Waals surface area contributed by atoms with Gasteiger partial charge in [-0.15, -0.1) is 11.3 Å². The van der Waals surface area contributed by atoms with Gasteiger partial charge in [-0.05, 0) is 17.2 Å². The van der Waals surface area contributed by atoms with Gasteiger partial charge >= 0.3 is 0 Å². The zero-order chi connectivity index (χ0) is 11.0. The molecule has 2 aromatic rings. The van der Waals surface area contributed by atoms with Crippen LogP contribution < -0.4 is 0 Å². The van der Waals surface area contributed by atoms with Crippen molar-refractivity contribution in [1.82, 2.24) is 4.98 Å². The van der Waals surface area contributed by atoms with Gasteiger partial charge in [-0.1, -0.05) is 12.1 Å². The third-order valence-corrected chi connectivity index (χ3v) is 3.24. The van der Waals surface area contributed by atoms with Gasteiger partial charge in [0.2, 0.25) is 5.78 Å². The zero-order valence-electron chi connectivity index (χ0n) is 8.47. The van der Waals surface area contributed by atoms with E-state index in [4.69, 9.17) is 4.74 Å². The summed E-state index contributed by atoms with van der Waals surface area (Å²) in [7, 11) is 0. The first kappa shape index (κ1) is 9.69. The Morgan fingerprint density at radius 1 is 1.31 bits per heavy atom. The molecule has 16 heavy (non-hydrogen) atoms. The van der Waals surface area contributed by atoms with Gasteiger partial charge in [0.15, 0.2) is 0 Å². The van der Waals surface area contributed by atoms with Crippen LogP contribution in [0.4, 0.5) is 0 Å². The number of rotatable bonds is 2. The first-order valence-electron chi connectivity index (χ1n) is 4.97. The van der Waals surface area contributed by atoms with Crippen molar-refractivity contribution in [3.8, 4) is 0 Å². The largest absolute Gasteiger partial charge is 0.372 e. The highest BCUT2D eigenvalue weighted by Crippen LogP contribution is 2.22. The summed E-state index contributed by atoms with van der Waals surface area (Å²) in [5.74, 6) is -0.0176. The van der Waals surface area contributed by atoms with Crippen LogP contribution in [0.15, 0.2) is 29.1 Å². The molecule has 0 amide bonds. The number of hydrogen-bond acceptors (Lipinski definition) is 4. The minimum atomic E-state index is -0.0176. The second kappa shape index (κ2) is 3.81. The van der Waals surface area contributed by atoms with Gasteiger partial charge in [-0.25, -0.2) is 4.98 Å². The molecule has 2 heterocycles. The average molecular weight is 231 g/mol. The number of carbonyl (C=O) groups excluding carboxylic acids is 1. The molecular weight excluding hydrogens is 222 g/mol. The summed E-state index contributed by atoms with van der Waals surface area (Å²) < 4.78 is 5.32. The quantitative estimate of drug-likeness (QED) is 0.745. The molecule has 3 nitrogen and oxygen atoms in total. The van der Waals surface area contributed by atoms with E-state index < -0.39 is 0 Å². The molecule has 0 bridgehead atoms. The molecule has 0 saturated carbocycles. The summed E-state index contributed by atoms with van der Waals surface area (Å²) in [6, 6.07) is 5.71. The maximum Gasteiger partial charge on any atom is 0.212 e. The van der Waals surface area contributed by atoms with Crippen LogP contribution in [-0.4, -0.2) is 10.8 Å². The van der Waals surface area contributed by atoms with Crippen molar-refractivity contribution in [2.75, 3.05) is 0 Å². The van der Waals surface area contributed by atoms with Crippen LogP contribution in [0.25, 0.3) is 0 Å². The van der Waals surface area contributed by atoms with Crippen molar-refractivity contribution in [3.63, 3.8) is 0 Å². The van der Waals surface area contributed by atoms with Crippen LogP contribution in [0.1, 0.15) is 27.2 Å². The highest BCUT2D eigenvalue weighted by atomic mass is 32.1. The van der Waals surface area contributed by atoms with E-state index in [9.17, 15) is 4.79 Å². The number of fused-ring (bicyclic) bond motifs is 1. The van der Waals surface area contributed by atoms with Gasteiger partial charge in [0.05, 0.1) is 18.7 Å². The minimum Gasteiger partial charge on any atom is -0.372 e. The van der Waals surface area contributed by atoms with Crippen molar-refractivity contribution in [2.24, 2.45) is 0 Å². The van der Waals surface area contributed by atoms with Crippen molar-refractivity contribution in [1.29, 1.82) is 0 Å². The minimum absolute atomic E-state index is 0.0176. The van der Waals surface area contributed by atoms with Gasteiger partial charge in [0.25, 0.3) is 0 Å².